The van der Waals surface area contributed by atoms with Gasteiger partial charge in [-0.15, -0.1) is 11.3 Å². The highest BCUT2D eigenvalue weighted by atomic mass is 32.2. The molecule has 5 rings (SSSR count). The molecule has 0 fully saturated rings. The third-order valence-corrected chi connectivity index (χ3v) is 9.92. The Bertz CT molecular complexity index is 1530. The van der Waals surface area contributed by atoms with Crippen LogP contribution >= 0.6 is 23.1 Å². The molecule has 0 saturated heterocycles. The topological polar surface area (TPSA) is 60.4 Å². The minimum Gasteiger partial charge on any atom is -0.748 e. The second kappa shape index (κ2) is 10.4. The third kappa shape index (κ3) is 6.06. The van der Waals surface area contributed by atoms with Crippen LogP contribution < -0.4 is 4.90 Å². The molecule has 0 bridgehead atoms. The fourth-order valence-electron chi connectivity index (χ4n) is 5.41. The number of anilines is 1. The molecule has 2 aromatic carbocycles. The Morgan fingerprint density at radius 2 is 1.81 bits per heavy atom. The smallest absolute Gasteiger partial charge is 0.0946 e. The van der Waals surface area contributed by atoms with Gasteiger partial charge in [0.05, 0.1) is 20.8 Å². The van der Waals surface area contributed by atoms with Crippen LogP contribution in [0, 0.1) is 5.41 Å². The Morgan fingerprint density at radius 3 is 2.59 bits per heavy atom. The number of fused-ring (bicyclic) bond motifs is 2. The van der Waals surface area contributed by atoms with Crippen LogP contribution in [0.1, 0.15) is 50.5 Å². The third-order valence-electron chi connectivity index (χ3n) is 6.86. The summed E-state index contributed by atoms with van der Waals surface area (Å²) in [6.07, 6.45) is 10.3. The zero-order valence-electron chi connectivity index (χ0n) is 21.5. The van der Waals surface area contributed by atoms with Crippen LogP contribution in [0.5, 0.6) is 0 Å². The van der Waals surface area contributed by atoms with Crippen LogP contribution in [0.3, 0.4) is 0 Å². The van der Waals surface area contributed by atoms with Crippen LogP contribution in [0.15, 0.2) is 81.8 Å². The van der Waals surface area contributed by atoms with E-state index in [1.165, 1.54) is 31.7 Å². The summed E-state index contributed by atoms with van der Waals surface area (Å²) in [6, 6.07) is 16.8. The van der Waals surface area contributed by atoms with Gasteiger partial charge in [-0.05, 0) is 83.5 Å². The maximum atomic E-state index is 11.2. The molecule has 0 spiro atoms. The van der Waals surface area contributed by atoms with Gasteiger partial charge in [0, 0.05) is 26.8 Å². The van der Waals surface area contributed by atoms with E-state index in [4.69, 9.17) is 0 Å². The van der Waals surface area contributed by atoms with Crippen LogP contribution in [0.4, 0.5) is 5.69 Å². The number of benzene rings is 2. The van der Waals surface area contributed by atoms with E-state index in [0.717, 1.165) is 34.9 Å². The number of thioether (sulfide) groups is 1. The number of para-hydroxylation sites is 1. The molecule has 4 nitrogen and oxygen atoms in total. The second-order valence-electron chi connectivity index (χ2n) is 10.6. The Kier molecular flexibility index (Phi) is 7.42. The summed E-state index contributed by atoms with van der Waals surface area (Å²) in [5.74, 6) is -0.346. The fourth-order valence-corrected chi connectivity index (χ4v) is 8.33. The predicted molar refractivity (Wildman–Crippen MR) is 157 cm³/mol. The number of hydrogen-bond donors (Lipinski definition) is 0. The maximum Gasteiger partial charge on any atom is 0.0946 e. The molecular formula is C30H32NO3S3-. The van der Waals surface area contributed by atoms with Gasteiger partial charge in [0.25, 0.3) is 0 Å². The molecule has 0 unspecified atom stereocenters. The molecule has 0 radical (unpaired) electrons. The summed E-state index contributed by atoms with van der Waals surface area (Å²) in [5.41, 5.74) is 5.25. The Labute approximate surface area is 228 Å². The van der Waals surface area contributed by atoms with Gasteiger partial charge < -0.3 is 9.45 Å². The van der Waals surface area contributed by atoms with E-state index in [1.807, 2.05) is 23.5 Å². The van der Waals surface area contributed by atoms with Gasteiger partial charge >= 0.3 is 0 Å². The molecule has 194 valence electrons. The number of nitrogens with zero attached hydrogens (tertiary/aromatic N) is 1. The highest BCUT2D eigenvalue weighted by Crippen LogP contribution is 2.48. The minimum atomic E-state index is -4.23. The molecule has 0 amide bonds. The predicted octanol–water partition coefficient (Wildman–Crippen LogP) is 7.98. The number of thiophene rings is 1. The minimum absolute atomic E-state index is 0.133. The highest BCUT2D eigenvalue weighted by Gasteiger charge is 2.28. The van der Waals surface area contributed by atoms with Crippen molar-refractivity contribution >= 4 is 55.1 Å². The number of rotatable bonds is 7. The lowest BCUT2D eigenvalue weighted by atomic mass is 9.75. The fraction of sp³-hybridized carbons (Fsp3) is 0.333. The highest BCUT2D eigenvalue weighted by molar-refractivity contribution is 8.03. The lowest BCUT2D eigenvalue weighted by molar-refractivity contribution is 0.356. The van der Waals surface area contributed by atoms with E-state index in [9.17, 15) is 13.0 Å². The SMILES string of the molecule is CCc1c(/C=C2C=C(/C=C3\Sc4ccccc4N3CCCS(=O)(=O)[O-])CC(C)(C)C/2)sc2ccccc12. The van der Waals surface area contributed by atoms with Gasteiger partial charge in [0.1, 0.15) is 0 Å². The largest absolute Gasteiger partial charge is 0.748 e. The van der Waals surface area contributed by atoms with Crippen LogP contribution in [0.2, 0.25) is 0 Å². The number of hydrogen-bond acceptors (Lipinski definition) is 6. The van der Waals surface area contributed by atoms with Crippen molar-refractivity contribution in [1.29, 1.82) is 0 Å². The first-order valence-corrected chi connectivity index (χ1v) is 15.9. The quantitative estimate of drug-likeness (QED) is 0.279. The van der Waals surface area contributed by atoms with E-state index < -0.39 is 10.1 Å². The van der Waals surface area contributed by atoms with Gasteiger partial charge in [-0.2, -0.15) is 0 Å². The molecule has 1 aliphatic carbocycles. The molecule has 37 heavy (non-hydrogen) atoms. The zero-order chi connectivity index (χ0) is 26.2. The van der Waals surface area contributed by atoms with Gasteiger partial charge in [-0.3, -0.25) is 0 Å². The molecular weight excluding hydrogens is 519 g/mol. The van der Waals surface area contributed by atoms with Crippen molar-refractivity contribution in [2.45, 2.75) is 51.3 Å². The summed E-state index contributed by atoms with van der Waals surface area (Å²) in [5, 5.41) is 2.45. The van der Waals surface area contributed by atoms with E-state index >= 15 is 0 Å². The molecule has 1 aromatic heterocycles. The first kappa shape index (κ1) is 26.3. The van der Waals surface area contributed by atoms with Crippen molar-refractivity contribution < 1.29 is 13.0 Å². The average molecular weight is 551 g/mol. The standard InChI is InChI=1S/C30H33NO3S3/c1-4-23-24-10-5-7-12-26(24)35-28(23)17-21-16-22(20-30(2,3)19-21)18-29-31(14-9-15-37(32,33)34)25-11-6-8-13-27(25)36-29/h5-8,10-13,16-18H,4,9,14-15,19-20H2,1-3H3,(H,32,33,34)/p-1/b21-17-,29-18-. The lowest BCUT2D eigenvalue weighted by Gasteiger charge is -2.31. The molecule has 1 aliphatic heterocycles. The molecule has 2 heterocycles. The molecule has 7 heteroatoms. The summed E-state index contributed by atoms with van der Waals surface area (Å²) in [4.78, 5) is 4.67. The first-order valence-electron chi connectivity index (χ1n) is 12.7. The Morgan fingerprint density at radius 1 is 1.05 bits per heavy atom. The average Bonchev–Trinajstić information content (AvgIpc) is 3.34. The molecule has 0 atom stereocenters. The molecule has 0 saturated carbocycles. The second-order valence-corrected chi connectivity index (χ2v) is 14.2. The lowest BCUT2D eigenvalue weighted by Crippen LogP contribution is -2.22. The van der Waals surface area contributed by atoms with Crippen LogP contribution in [-0.2, 0) is 16.5 Å². The van der Waals surface area contributed by atoms with Crippen molar-refractivity contribution in [2.75, 3.05) is 17.2 Å². The summed E-state index contributed by atoms with van der Waals surface area (Å²) >= 11 is 3.58. The summed E-state index contributed by atoms with van der Waals surface area (Å²) in [6.45, 7) is 7.38. The monoisotopic (exact) mass is 550 g/mol. The van der Waals surface area contributed by atoms with Crippen LogP contribution in [-0.4, -0.2) is 25.3 Å². The zero-order valence-corrected chi connectivity index (χ0v) is 23.9. The Hall–Kier alpha value is -2.32. The maximum absolute atomic E-state index is 11.2. The first-order chi connectivity index (χ1) is 17.6. The van der Waals surface area contributed by atoms with Gasteiger partial charge in [-0.25, -0.2) is 8.42 Å². The number of allylic oxidation sites excluding steroid dienone is 4. The normalized spacial score (nSPS) is 19.6. The van der Waals surface area contributed by atoms with E-state index in [-0.39, 0.29) is 11.2 Å². The van der Waals surface area contributed by atoms with Gasteiger partial charge in [0.2, 0.25) is 0 Å². The van der Waals surface area contributed by atoms with Crippen molar-refractivity contribution in [1.82, 2.24) is 0 Å². The van der Waals surface area contributed by atoms with E-state index in [0.29, 0.717) is 13.0 Å². The van der Waals surface area contributed by atoms with E-state index in [2.05, 4.69) is 80.3 Å². The van der Waals surface area contributed by atoms with Gasteiger partial charge in [0.15, 0.2) is 0 Å². The van der Waals surface area contributed by atoms with Crippen molar-refractivity contribution in [3.05, 3.63) is 87.3 Å². The molecule has 2 aliphatic rings. The van der Waals surface area contributed by atoms with E-state index in [1.54, 1.807) is 11.8 Å². The van der Waals surface area contributed by atoms with Crippen LogP contribution in [0.25, 0.3) is 16.2 Å². The van der Waals surface area contributed by atoms with Crippen molar-refractivity contribution in [2.24, 2.45) is 5.41 Å². The molecule has 3 aromatic rings. The number of aryl methyl sites for hydroxylation is 1. The Balaban J connectivity index is 1.49. The van der Waals surface area contributed by atoms with Gasteiger partial charge in [-0.1, -0.05) is 68.9 Å². The summed E-state index contributed by atoms with van der Waals surface area (Å²) < 4.78 is 34.9. The van der Waals surface area contributed by atoms with Crippen molar-refractivity contribution in [3.63, 3.8) is 0 Å². The molecule has 0 N–H and O–H groups in total. The summed E-state index contributed by atoms with van der Waals surface area (Å²) in [7, 11) is -4.23. The van der Waals surface area contributed by atoms with Crippen molar-refractivity contribution in [3.8, 4) is 0 Å².